The summed E-state index contributed by atoms with van der Waals surface area (Å²) in [6, 6.07) is 15.6. The Morgan fingerprint density at radius 3 is 2.80 bits per heavy atom. The number of aromatic nitrogens is 2. The van der Waals surface area contributed by atoms with Crippen molar-refractivity contribution in [3.63, 3.8) is 0 Å². The standard InChI is InChI=1S/C24H26N4O2/c1-16-18(20-5-2-3-7-21(20)28-16)10-14-26-23(30)11-13-25-15-17-8-9-22(29)24-19(17)6-4-12-27-24/h2-9,12,25,28-29H,10-11,13-15H2,1H3,(H,26,30). The number of phenolic OH excluding ortho intramolecular Hbond substituents is 1. The van der Waals surface area contributed by atoms with Crippen LogP contribution in [0.3, 0.4) is 0 Å². The molecule has 154 valence electrons. The fraction of sp³-hybridized carbons (Fsp3) is 0.250. The minimum absolute atomic E-state index is 0.0391. The van der Waals surface area contributed by atoms with Crippen LogP contribution < -0.4 is 10.6 Å². The zero-order valence-electron chi connectivity index (χ0n) is 17.0. The smallest absolute Gasteiger partial charge is 0.221 e. The van der Waals surface area contributed by atoms with E-state index in [0.717, 1.165) is 28.6 Å². The van der Waals surface area contributed by atoms with Gasteiger partial charge < -0.3 is 20.7 Å². The lowest BCUT2D eigenvalue weighted by molar-refractivity contribution is -0.120. The van der Waals surface area contributed by atoms with Gasteiger partial charge in [0.1, 0.15) is 11.3 Å². The molecule has 2 aromatic heterocycles. The van der Waals surface area contributed by atoms with Crippen LogP contribution in [0.4, 0.5) is 0 Å². The molecule has 4 rings (SSSR count). The van der Waals surface area contributed by atoms with Crippen molar-refractivity contribution in [2.75, 3.05) is 13.1 Å². The van der Waals surface area contributed by atoms with Gasteiger partial charge in [0.25, 0.3) is 0 Å². The van der Waals surface area contributed by atoms with Gasteiger partial charge in [-0.15, -0.1) is 0 Å². The second-order valence-electron chi connectivity index (χ2n) is 7.44. The van der Waals surface area contributed by atoms with Gasteiger partial charge in [0.05, 0.1) is 0 Å². The number of carbonyl (C=O) groups excluding carboxylic acids is 1. The van der Waals surface area contributed by atoms with Crippen LogP contribution in [0.1, 0.15) is 23.2 Å². The number of aromatic hydroxyl groups is 1. The Morgan fingerprint density at radius 2 is 1.90 bits per heavy atom. The molecule has 1 amide bonds. The monoisotopic (exact) mass is 402 g/mol. The molecular formula is C24H26N4O2. The van der Waals surface area contributed by atoms with Crippen LogP contribution in [0.2, 0.25) is 0 Å². The summed E-state index contributed by atoms with van der Waals surface area (Å²) in [4.78, 5) is 19.8. The second-order valence-corrected chi connectivity index (χ2v) is 7.44. The zero-order chi connectivity index (χ0) is 20.9. The molecule has 0 spiro atoms. The quantitative estimate of drug-likeness (QED) is 0.339. The van der Waals surface area contributed by atoms with Crippen LogP contribution >= 0.6 is 0 Å². The van der Waals surface area contributed by atoms with E-state index in [1.54, 1.807) is 12.3 Å². The lowest BCUT2D eigenvalue weighted by Crippen LogP contribution is -2.29. The summed E-state index contributed by atoms with van der Waals surface area (Å²) in [6.45, 7) is 3.89. The van der Waals surface area contributed by atoms with E-state index in [4.69, 9.17) is 0 Å². The molecule has 0 unspecified atom stereocenters. The van der Waals surface area contributed by atoms with Crippen LogP contribution in [-0.4, -0.2) is 34.1 Å². The molecule has 0 aliphatic carbocycles. The number of hydrogen-bond donors (Lipinski definition) is 4. The van der Waals surface area contributed by atoms with Crippen LogP contribution in [0.5, 0.6) is 5.75 Å². The first-order valence-corrected chi connectivity index (χ1v) is 10.2. The number of fused-ring (bicyclic) bond motifs is 2. The Labute approximate surface area is 175 Å². The molecule has 0 radical (unpaired) electrons. The Hall–Kier alpha value is -3.38. The molecule has 2 aromatic carbocycles. The van der Waals surface area contributed by atoms with Gasteiger partial charge >= 0.3 is 0 Å². The molecule has 0 fully saturated rings. The lowest BCUT2D eigenvalue weighted by atomic mass is 10.1. The predicted molar refractivity (Wildman–Crippen MR) is 119 cm³/mol. The van der Waals surface area contributed by atoms with E-state index < -0.39 is 0 Å². The van der Waals surface area contributed by atoms with Crippen molar-refractivity contribution >= 4 is 27.7 Å². The number of hydrogen-bond acceptors (Lipinski definition) is 4. The zero-order valence-corrected chi connectivity index (χ0v) is 17.0. The highest BCUT2D eigenvalue weighted by Crippen LogP contribution is 2.25. The van der Waals surface area contributed by atoms with Crippen molar-refractivity contribution in [1.82, 2.24) is 20.6 Å². The second kappa shape index (κ2) is 8.97. The van der Waals surface area contributed by atoms with Gasteiger partial charge in [0.15, 0.2) is 0 Å². The van der Waals surface area contributed by atoms with E-state index in [9.17, 15) is 9.90 Å². The molecule has 6 nitrogen and oxygen atoms in total. The number of carbonyl (C=O) groups is 1. The van der Waals surface area contributed by atoms with Gasteiger partial charge in [0.2, 0.25) is 5.91 Å². The van der Waals surface area contributed by atoms with Gasteiger partial charge in [-0.2, -0.15) is 0 Å². The average molecular weight is 402 g/mol. The van der Waals surface area contributed by atoms with E-state index in [0.29, 0.717) is 31.6 Å². The number of aryl methyl sites for hydroxylation is 1. The first-order chi connectivity index (χ1) is 14.6. The molecule has 0 saturated heterocycles. The number of rotatable bonds is 8. The van der Waals surface area contributed by atoms with E-state index in [2.05, 4.69) is 39.7 Å². The number of benzene rings is 2. The van der Waals surface area contributed by atoms with Gasteiger partial charge in [-0.25, -0.2) is 0 Å². The van der Waals surface area contributed by atoms with Crippen LogP contribution in [0.15, 0.2) is 54.7 Å². The Kier molecular flexibility index (Phi) is 5.95. The summed E-state index contributed by atoms with van der Waals surface area (Å²) in [5, 5.41) is 18.4. The summed E-state index contributed by atoms with van der Waals surface area (Å²) in [7, 11) is 0. The summed E-state index contributed by atoms with van der Waals surface area (Å²) < 4.78 is 0. The summed E-state index contributed by atoms with van der Waals surface area (Å²) in [5.41, 5.74) is 5.20. The van der Waals surface area contributed by atoms with Crippen LogP contribution in [0, 0.1) is 6.92 Å². The normalized spacial score (nSPS) is 11.2. The van der Waals surface area contributed by atoms with E-state index >= 15 is 0 Å². The topological polar surface area (TPSA) is 90.0 Å². The highest BCUT2D eigenvalue weighted by atomic mass is 16.3. The number of para-hydroxylation sites is 1. The average Bonchev–Trinajstić information content (AvgIpc) is 3.08. The number of aromatic amines is 1. The van der Waals surface area contributed by atoms with Crippen molar-refractivity contribution in [2.45, 2.75) is 26.3 Å². The molecule has 2 heterocycles. The number of pyridine rings is 1. The molecule has 4 N–H and O–H groups in total. The lowest BCUT2D eigenvalue weighted by Gasteiger charge is -2.09. The fourth-order valence-corrected chi connectivity index (χ4v) is 3.87. The molecule has 0 atom stereocenters. The number of phenols is 1. The maximum atomic E-state index is 12.2. The third-order valence-corrected chi connectivity index (χ3v) is 5.41. The fourth-order valence-electron chi connectivity index (χ4n) is 3.87. The van der Waals surface area contributed by atoms with E-state index in [-0.39, 0.29) is 11.7 Å². The summed E-state index contributed by atoms with van der Waals surface area (Å²) in [5.74, 6) is 0.219. The van der Waals surface area contributed by atoms with Gasteiger partial charge in [-0.05, 0) is 42.7 Å². The van der Waals surface area contributed by atoms with Crippen molar-refractivity contribution in [3.05, 3.63) is 71.5 Å². The largest absolute Gasteiger partial charge is 0.506 e. The first kappa shape index (κ1) is 19.9. The minimum atomic E-state index is 0.0391. The number of amides is 1. The van der Waals surface area contributed by atoms with Crippen molar-refractivity contribution in [2.24, 2.45) is 0 Å². The molecule has 0 saturated carbocycles. The van der Waals surface area contributed by atoms with Gasteiger partial charge in [-0.1, -0.05) is 30.3 Å². The number of nitrogens with one attached hydrogen (secondary N) is 3. The van der Waals surface area contributed by atoms with Crippen molar-refractivity contribution in [3.8, 4) is 5.75 Å². The summed E-state index contributed by atoms with van der Waals surface area (Å²) >= 11 is 0. The van der Waals surface area contributed by atoms with Crippen LogP contribution in [0.25, 0.3) is 21.8 Å². The Balaban J connectivity index is 1.23. The highest BCUT2D eigenvalue weighted by molar-refractivity contribution is 5.87. The SMILES string of the molecule is Cc1[nH]c2ccccc2c1CCNC(=O)CCNCc1ccc(O)c2ncccc12. The molecule has 30 heavy (non-hydrogen) atoms. The van der Waals surface area contributed by atoms with E-state index in [1.807, 2.05) is 30.3 Å². The highest BCUT2D eigenvalue weighted by Gasteiger charge is 2.09. The van der Waals surface area contributed by atoms with Crippen molar-refractivity contribution in [1.29, 1.82) is 0 Å². The maximum Gasteiger partial charge on any atom is 0.221 e. The molecule has 0 bridgehead atoms. The molecule has 0 aliphatic heterocycles. The predicted octanol–water partition coefficient (Wildman–Crippen LogP) is 3.57. The number of H-pyrrole nitrogens is 1. The van der Waals surface area contributed by atoms with Crippen LogP contribution in [-0.2, 0) is 17.8 Å². The first-order valence-electron chi connectivity index (χ1n) is 10.2. The number of nitrogens with zero attached hydrogens (tertiary/aromatic N) is 1. The Morgan fingerprint density at radius 1 is 1.07 bits per heavy atom. The molecule has 0 aliphatic rings. The maximum absolute atomic E-state index is 12.2. The van der Waals surface area contributed by atoms with E-state index in [1.165, 1.54) is 10.9 Å². The molecule has 6 heteroatoms. The molecule has 4 aromatic rings. The van der Waals surface area contributed by atoms with Crippen molar-refractivity contribution < 1.29 is 9.90 Å². The van der Waals surface area contributed by atoms with Gasteiger partial charge in [-0.3, -0.25) is 9.78 Å². The molecular weight excluding hydrogens is 376 g/mol. The third-order valence-electron chi connectivity index (χ3n) is 5.41. The Bertz CT molecular complexity index is 1180. The summed E-state index contributed by atoms with van der Waals surface area (Å²) in [6.07, 6.45) is 2.89. The van der Waals surface area contributed by atoms with Gasteiger partial charge in [0, 0.05) is 54.2 Å². The minimum Gasteiger partial charge on any atom is -0.506 e. The third kappa shape index (κ3) is 4.28.